The number of hydrogen-bond acceptors (Lipinski definition) is 4. The van der Waals surface area contributed by atoms with E-state index in [2.05, 4.69) is 15.3 Å². The molecule has 6 nitrogen and oxygen atoms in total. The van der Waals surface area contributed by atoms with Gasteiger partial charge in [0.1, 0.15) is 11.7 Å². The van der Waals surface area contributed by atoms with E-state index >= 15 is 0 Å². The molecule has 29 heavy (non-hydrogen) atoms. The lowest BCUT2D eigenvalue weighted by atomic mass is 10.0. The highest BCUT2D eigenvalue weighted by atomic mass is 35.5. The first-order valence-electron chi connectivity index (χ1n) is 9.31. The molecule has 1 aromatic heterocycles. The van der Waals surface area contributed by atoms with Crippen LogP contribution in [0.3, 0.4) is 0 Å². The second-order valence-corrected chi connectivity index (χ2v) is 7.69. The summed E-state index contributed by atoms with van der Waals surface area (Å²) in [5.74, 6) is -0.553. The van der Waals surface area contributed by atoms with Gasteiger partial charge in [0.15, 0.2) is 0 Å². The van der Waals surface area contributed by atoms with E-state index in [1.807, 2.05) is 24.3 Å². The summed E-state index contributed by atoms with van der Waals surface area (Å²) >= 11 is 12.0. The largest absolute Gasteiger partial charge is 0.325 e. The van der Waals surface area contributed by atoms with Gasteiger partial charge in [-0.15, -0.1) is 0 Å². The lowest BCUT2D eigenvalue weighted by molar-refractivity contribution is -0.121. The molecule has 3 aromatic rings. The Morgan fingerprint density at radius 1 is 1.03 bits per heavy atom. The standard InChI is InChI=1S/C21H18Cl2N4O2/c22-14-9-8-13(11-15(14)23)25-20(28)19-7-3-4-10-27(19)21(29)18-12-24-16-5-1-2-6-17(16)26-18/h1-2,5-6,8-9,11-12,19H,3-4,7,10H2,(H,25,28)/t19-/m1/s1. The van der Waals surface area contributed by atoms with Crippen molar-refractivity contribution in [3.8, 4) is 0 Å². The summed E-state index contributed by atoms with van der Waals surface area (Å²) in [5.41, 5.74) is 2.13. The number of nitrogens with zero attached hydrogens (tertiary/aromatic N) is 3. The normalized spacial score (nSPS) is 16.6. The number of amides is 2. The maximum Gasteiger partial charge on any atom is 0.274 e. The Balaban J connectivity index is 1.56. The zero-order valence-electron chi connectivity index (χ0n) is 15.4. The van der Waals surface area contributed by atoms with Crippen LogP contribution in [-0.2, 0) is 4.79 Å². The van der Waals surface area contributed by atoms with Crippen molar-refractivity contribution in [3.05, 3.63) is 64.4 Å². The molecule has 1 aliphatic heterocycles. The fourth-order valence-electron chi connectivity index (χ4n) is 3.45. The van der Waals surface area contributed by atoms with Crippen LogP contribution in [0.15, 0.2) is 48.7 Å². The first-order chi connectivity index (χ1) is 14.0. The Kier molecular flexibility index (Phi) is 5.65. The molecular formula is C21H18Cl2N4O2. The zero-order chi connectivity index (χ0) is 20.4. The van der Waals surface area contributed by atoms with Crippen LogP contribution < -0.4 is 5.32 Å². The molecule has 1 saturated heterocycles. The molecule has 2 amide bonds. The van der Waals surface area contributed by atoms with Crippen molar-refractivity contribution in [3.63, 3.8) is 0 Å². The first kappa shape index (κ1) is 19.6. The Labute approximate surface area is 177 Å². The number of nitrogens with one attached hydrogen (secondary N) is 1. The van der Waals surface area contributed by atoms with Crippen molar-refractivity contribution in [2.75, 3.05) is 11.9 Å². The summed E-state index contributed by atoms with van der Waals surface area (Å²) in [6.45, 7) is 0.493. The molecule has 1 aliphatic rings. The fourth-order valence-corrected chi connectivity index (χ4v) is 3.75. The summed E-state index contributed by atoms with van der Waals surface area (Å²) in [5, 5.41) is 3.60. The minimum absolute atomic E-state index is 0.234. The average molecular weight is 429 g/mol. The third-order valence-corrected chi connectivity index (χ3v) is 5.66. The van der Waals surface area contributed by atoms with Crippen LogP contribution in [0.1, 0.15) is 29.8 Å². The minimum Gasteiger partial charge on any atom is -0.325 e. The van der Waals surface area contributed by atoms with Gasteiger partial charge in [-0.25, -0.2) is 4.98 Å². The predicted octanol–water partition coefficient (Wildman–Crippen LogP) is 4.57. The van der Waals surface area contributed by atoms with E-state index in [1.54, 1.807) is 23.1 Å². The first-order valence-corrected chi connectivity index (χ1v) is 10.1. The van der Waals surface area contributed by atoms with Gasteiger partial charge in [-0.3, -0.25) is 14.6 Å². The highest BCUT2D eigenvalue weighted by Crippen LogP contribution is 2.26. The van der Waals surface area contributed by atoms with Crippen molar-refractivity contribution in [2.45, 2.75) is 25.3 Å². The Morgan fingerprint density at radius 2 is 1.83 bits per heavy atom. The van der Waals surface area contributed by atoms with E-state index in [9.17, 15) is 9.59 Å². The van der Waals surface area contributed by atoms with E-state index in [1.165, 1.54) is 6.20 Å². The summed E-state index contributed by atoms with van der Waals surface area (Å²) in [4.78, 5) is 36.3. The topological polar surface area (TPSA) is 75.2 Å². The monoisotopic (exact) mass is 428 g/mol. The SMILES string of the molecule is O=C(Nc1ccc(Cl)c(Cl)c1)[C@H]1CCCCN1C(=O)c1cnc2ccccc2n1. The van der Waals surface area contributed by atoms with E-state index < -0.39 is 6.04 Å². The maximum atomic E-state index is 13.1. The molecule has 0 radical (unpaired) electrons. The number of rotatable bonds is 3. The molecule has 0 aliphatic carbocycles. The van der Waals surface area contributed by atoms with Crippen LogP contribution in [0.25, 0.3) is 11.0 Å². The van der Waals surface area contributed by atoms with Crippen molar-refractivity contribution in [1.29, 1.82) is 0 Å². The molecule has 1 fully saturated rings. The molecule has 2 heterocycles. The third-order valence-electron chi connectivity index (χ3n) is 4.92. The molecule has 1 N–H and O–H groups in total. The highest BCUT2D eigenvalue weighted by Gasteiger charge is 2.33. The Hall–Kier alpha value is -2.70. The maximum absolute atomic E-state index is 13.1. The van der Waals surface area contributed by atoms with Gasteiger partial charge in [0.05, 0.1) is 27.3 Å². The van der Waals surface area contributed by atoms with Crippen LogP contribution in [0.2, 0.25) is 10.0 Å². The van der Waals surface area contributed by atoms with E-state index in [0.29, 0.717) is 34.2 Å². The number of aromatic nitrogens is 2. The van der Waals surface area contributed by atoms with Gasteiger partial charge in [0, 0.05) is 12.2 Å². The Bertz CT molecular complexity index is 1090. The summed E-state index contributed by atoms with van der Waals surface area (Å²) < 4.78 is 0. The number of benzene rings is 2. The number of hydrogen-bond donors (Lipinski definition) is 1. The van der Waals surface area contributed by atoms with Gasteiger partial charge < -0.3 is 10.2 Å². The quantitative estimate of drug-likeness (QED) is 0.662. The number of piperidine rings is 1. The number of para-hydroxylation sites is 2. The molecule has 148 valence electrons. The minimum atomic E-state index is -0.584. The van der Waals surface area contributed by atoms with Crippen molar-refractivity contribution >= 4 is 51.7 Å². The highest BCUT2D eigenvalue weighted by molar-refractivity contribution is 6.42. The lowest BCUT2D eigenvalue weighted by Gasteiger charge is -2.34. The molecule has 1 atom stereocenters. The van der Waals surface area contributed by atoms with E-state index in [4.69, 9.17) is 23.2 Å². The second kappa shape index (κ2) is 8.35. The average Bonchev–Trinajstić information content (AvgIpc) is 2.75. The van der Waals surface area contributed by atoms with Gasteiger partial charge in [-0.2, -0.15) is 0 Å². The molecule has 2 aromatic carbocycles. The van der Waals surface area contributed by atoms with Gasteiger partial charge in [0.25, 0.3) is 5.91 Å². The van der Waals surface area contributed by atoms with Crippen LogP contribution in [0.4, 0.5) is 5.69 Å². The smallest absolute Gasteiger partial charge is 0.274 e. The molecule has 0 unspecified atom stereocenters. The fraction of sp³-hybridized carbons (Fsp3) is 0.238. The zero-order valence-corrected chi connectivity index (χ0v) is 17.0. The van der Waals surface area contributed by atoms with Gasteiger partial charge in [0.2, 0.25) is 5.91 Å². The number of carbonyl (C=O) groups is 2. The van der Waals surface area contributed by atoms with Crippen LogP contribution in [-0.4, -0.2) is 39.3 Å². The van der Waals surface area contributed by atoms with Crippen molar-refractivity contribution < 1.29 is 9.59 Å². The molecular weight excluding hydrogens is 411 g/mol. The van der Waals surface area contributed by atoms with E-state index in [0.717, 1.165) is 18.4 Å². The number of anilines is 1. The molecule has 8 heteroatoms. The molecule has 0 bridgehead atoms. The molecule has 0 spiro atoms. The number of carbonyl (C=O) groups excluding carboxylic acids is 2. The van der Waals surface area contributed by atoms with E-state index in [-0.39, 0.29) is 17.5 Å². The summed E-state index contributed by atoms with van der Waals surface area (Å²) in [6.07, 6.45) is 3.75. The van der Waals surface area contributed by atoms with Gasteiger partial charge in [-0.1, -0.05) is 35.3 Å². The number of halogens is 2. The van der Waals surface area contributed by atoms with Gasteiger partial charge >= 0.3 is 0 Å². The van der Waals surface area contributed by atoms with Crippen molar-refractivity contribution in [2.24, 2.45) is 0 Å². The van der Waals surface area contributed by atoms with Crippen LogP contribution >= 0.6 is 23.2 Å². The number of likely N-dealkylation sites (tertiary alicyclic amines) is 1. The van der Waals surface area contributed by atoms with Gasteiger partial charge in [-0.05, 0) is 49.6 Å². The van der Waals surface area contributed by atoms with Crippen LogP contribution in [0, 0.1) is 0 Å². The second-order valence-electron chi connectivity index (χ2n) is 6.87. The predicted molar refractivity (Wildman–Crippen MR) is 113 cm³/mol. The number of fused-ring (bicyclic) bond motifs is 1. The molecule has 0 saturated carbocycles. The van der Waals surface area contributed by atoms with Crippen molar-refractivity contribution in [1.82, 2.24) is 14.9 Å². The van der Waals surface area contributed by atoms with Crippen LogP contribution in [0.5, 0.6) is 0 Å². The summed E-state index contributed by atoms with van der Waals surface area (Å²) in [6, 6.07) is 11.7. The summed E-state index contributed by atoms with van der Waals surface area (Å²) in [7, 11) is 0. The molecule has 4 rings (SSSR count). The third kappa shape index (κ3) is 4.18. The lowest BCUT2D eigenvalue weighted by Crippen LogP contribution is -2.50. The Morgan fingerprint density at radius 3 is 2.62 bits per heavy atom.